The van der Waals surface area contributed by atoms with Crippen LogP contribution in [0.2, 0.25) is 0 Å². The molecular formula is C27H41B3N3O2. The van der Waals surface area contributed by atoms with E-state index < -0.39 is 6.09 Å². The molecule has 1 fully saturated rings. The molecule has 1 saturated heterocycles. The van der Waals surface area contributed by atoms with Crippen molar-refractivity contribution in [2.45, 2.75) is 65.4 Å². The van der Waals surface area contributed by atoms with E-state index in [9.17, 15) is 4.79 Å². The number of benzene rings is 2. The molecule has 8 heteroatoms. The van der Waals surface area contributed by atoms with Crippen LogP contribution in [-0.2, 0) is 0 Å². The van der Waals surface area contributed by atoms with Crippen molar-refractivity contribution >= 4 is 34.3 Å². The lowest BCUT2D eigenvalue weighted by Gasteiger charge is -2.28. The molecule has 2 aromatic carbocycles. The van der Waals surface area contributed by atoms with Crippen LogP contribution in [0.15, 0.2) is 54.6 Å². The van der Waals surface area contributed by atoms with E-state index in [-0.39, 0.29) is 17.9 Å². The van der Waals surface area contributed by atoms with Gasteiger partial charge in [0.1, 0.15) is 5.75 Å². The number of rotatable bonds is 10. The molecule has 0 aliphatic carbocycles. The lowest BCUT2D eigenvalue weighted by Crippen LogP contribution is -2.42. The summed E-state index contributed by atoms with van der Waals surface area (Å²) in [5, 5.41) is 6.42. The zero-order valence-corrected chi connectivity index (χ0v) is 22.2. The van der Waals surface area contributed by atoms with Crippen LogP contribution < -0.4 is 20.8 Å². The number of nitrogens with one attached hydrogen (secondary N) is 2. The van der Waals surface area contributed by atoms with E-state index >= 15 is 0 Å². The highest BCUT2D eigenvalue weighted by molar-refractivity contribution is 6.97. The molecule has 3 unspecified atom stereocenters. The standard InChI is InChI=1S/C23H29B3N3O2.2C2H6/c1-2-19(20-10-6-7-11-21(20)26-25)22(24)27-13-15-29-14-12-17(16-29)28-23(30)31-18-8-4-3-5-9-18;2*1-2/h3-11,17,19,22,27H,2,12-16H2,1H3,(H,28,30);2*1-2H3. The molecule has 2 aromatic rings. The minimum Gasteiger partial charge on any atom is -0.410 e. The summed E-state index contributed by atoms with van der Waals surface area (Å²) in [7, 11) is 13.9. The molecule has 3 atom stereocenters. The number of ether oxygens (including phenoxy) is 1. The second-order valence-electron chi connectivity index (χ2n) is 7.92. The van der Waals surface area contributed by atoms with Crippen LogP contribution in [-0.4, -0.2) is 71.9 Å². The Morgan fingerprint density at radius 1 is 1.11 bits per heavy atom. The van der Waals surface area contributed by atoms with Gasteiger partial charge in [0.2, 0.25) is 0 Å². The lowest BCUT2D eigenvalue weighted by atomic mass is 9.49. The molecule has 1 amide bonds. The Hall–Kier alpha value is -2.18. The Labute approximate surface area is 216 Å². The van der Waals surface area contributed by atoms with Crippen LogP contribution in [0.3, 0.4) is 0 Å². The number of likely N-dealkylation sites (tertiary alicyclic amines) is 1. The first kappa shape index (κ1) is 30.9. The summed E-state index contributed by atoms with van der Waals surface area (Å²) in [5.74, 6) is 0.590. The minimum atomic E-state index is -0.403. The number of carbonyl (C=O) groups is 1. The lowest BCUT2D eigenvalue weighted by molar-refractivity contribution is 0.195. The van der Waals surface area contributed by atoms with Crippen LogP contribution in [0.25, 0.3) is 0 Å². The SMILES string of the molecule is CC.CC.[B][B]c1ccccc1C(CC)C([B])NCCN1CCC(NC(=O)Oc2ccccc2)C1. The third kappa shape index (κ3) is 10.5. The third-order valence-electron chi connectivity index (χ3n) is 5.80. The van der Waals surface area contributed by atoms with E-state index in [1.54, 1.807) is 19.3 Å². The zero-order chi connectivity index (χ0) is 26.1. The van der Waals surface area contributed by atoms with Gasteiger partial charge in [-0.2, -0.15) is 0 Å². The molecule has 0 aromatic heterocycles. The maximum Gasteiger partial charge on any atom is 0.412 e. The first-order chi connectivity index (χ1) is 17.1. The van der Waals surface area contributed by atoms with Gasteiger partial charge in [-0.3, -0.25) is 4.90 Å². The van der Waals surface area contributed by atoms with Gasteiger partial charge in [0, 0.05) is 40.0 Å². The van der Waals surface area contributed by atoms with Crippen LogP contribution in [0.5, 0.6) is 5.75 Å². The smallest absolute Gasteiger partial charge is 0.410 e. The molecule has 3 rings (SSSR count). The van der Waals surface area contributed by atoms with Crippen LogP contribution >= 0.6 is 0 Å². The average Bonchev–Trinajstić information content (AvgIpc) is 3.34. The van der Waals surface area contributed by atoms with Gasteiger partial charge in [0.05, 0.1) is 15.0 Å². The molecule has 0 saturated carbocycles. The fourth-order valence-corrected chi connectivity index (χ4v) is 4.14. The highest BCUT2D eigenvalue weighted by Crippen LogP contribution is 2.20. The van der Waals surface area contributed by atoms with Gasteiger partial charge in [-0.1, -0.05) is 88.1 Å². The zero-order valence-electron chi connectivity index (χ0n) is 22.2. The fourth-order valence-electron chi connectivity index (χ4n) is 4.14. The van der Waals surface area contributed by atoms with E-state index in [1.165, 1.54) is 5.56 Å². The number of amides is 1. The van der Waals surface area contributed by atoms with E-state index in [0.717, 1.165) is 44.5 Å². The van der Waals surface area contributed by atoms with Gasteiger partial charge in [-0.05, 0) is 36.8 Å². The van der Waals surface area contributed by atoms with Crippen molar-refractivity contribution in [1.29, 1.82) is 0 Å². The molecule has 185 valence electrons. The van der Waals surface area contributed by atoms with Crippen molar-refractivity contribution in [2.24, 2.45) is 0 Å². The Balaban J connectivity index is 0.00000145. The fraction of sp³-hybridized carbons (Fsp3) is 0.519. The maximum absolute atomic E-state index is 12.1. The Bertz CT molecular complexity index is 826. The van der Waals surface area contributed by atoms with E-state index in [0.29, 0.717) is 5.75 Å². The van der Waals surface area contributed by atoms with E-state index in [2.05, 4.69) is 28.5 Å². The molecular weight excluding hydrogens is 431 g/mol. The van der Waals surface area contributed by atoms with Crippen LogP contribution in [0.1, 0.15) is 58.9 Å². The van der Waals surface area contributed by atoms with Gasteiger partial charge in [0.15, 0.2) is 0 Å². The monoisotopic (exact) mass is 472 g/mol. The summed E-state index contributed by atoms with van der Waals surface area (Å²) in [5.41, 5.74) is 2.21. The largest absolute Gasteiger partial charge is 0.412 e. The van der Waals surface area contributed by atoms with Gasteiger partial charge in [-0.15, -0.1) is 0 Å². The first-order valence-corrected chi connectivity index (χ1v) is 13.0. The molecule has 1 aliphatic heterocycles. The third-order valence-corrected chi connectivity index (χ3v) is 5.80. The molecule has 1 aliphatic rings. The second-order valence-corrected chi connectivity index (χ2v) is 7.92. The quantitative estimate of drug-likeness (QED) is 0.520. The number of nitrogens with zero attached hydrogens (tertiary/aromatic N) is 1. The van der Waals surface area contributed by atoms with Gasteiger partial charge < -0.3 is 15.4 Å². The predicted molar refractivity (Wildman–Crippen MR) is 151 cm³/mol. The van der Waals surface area contributed by atoms with Crippen LogP contribution in [0, 0.1) is 0 Å². The molecule has 2 N–H and O–H groups in total. The summed E-state index contributed by atoms with van der Waals surface area (Å²) in [6, 6.07) is 17.3. The van der Waals surface area contributed by atoms with Crippen molar-refractivity contribution in [3.05, 3.63) is 60.2 Å². The molecule has 0 bridgehead atoms. The number of carbonyl (C=O) groups excluding carboxylic acids is 1. The van der Waals surface area contributed by atoms with E-state index in [1.807, 2.05) is 64.1 Å². The minimum absolute atomic E-state index is 0.0974. The number of hydrogen-bond acceptors (Lipinski definition) is 4. The topological polar surface area (TPSA) is 53.6 Å². The normalized spacial score (nSPS) is 16.5. The second kappa shape index (κ2) is 18.1. The van der Waals surface area contributed by atoms with Crippen molar-refractivity contribution in [1.82, 2.24) is 15.5 Å². The Morgan fingerprint density at radius 3 is 2.43 bits per heavy atom. The van der Waals surface area contributed by atoms with Gasteiger partial charge >= 0.3 is 6.09 Å². The molecule has 0 spiro atoms. The average molecular weight is 472 g/mol. The number of para-hydroxylation sites is 1. The van der Waals surface area contributed by atoms with Gasteiger partial charge in [0.25, 0.3) is 0 Å². The summed E-state index contributed by atoms with van der Waals surface area (Å²) in [6.45, 7) is 13.6. The summed E-state index contributed by atoms with van der Waals surface area (Å²) >= 11 is 0. The summed E-state index contributed by atoms with van der Waals surface area (Å²) in [6.07, 6.45) is 1.44. The Kier molecular flexibility index (Phi) is 16.0. The highest BCUT2D eigenvalue weighted by Gasteiger charge is 2.25. The van der Waals surface area contributed by atoms with Crippen molar-refractivity contribution in [2.75, 3.05) is 26.2 Å². The van der Waals surface area contributed by atoms with Crippen molar-refractivity contribution in [3.63, 3.8) is 0 Å². The van der Waals surface area contributed by atoms with Crippen LogP contribution in [0.4, 0.5) is 4.79 Å². The number of hydrogen-bond donors (Lipinski definition) is 2. The molecule has 5 nitrogen and oxygen atoms in total. The first-order valence-electron chi connectivity index (χ1n) is 13.0. The summed E-state index contributed by atoms with van der Waals surface area (Å²) in [4.78, 5) is 14.4. The predicted octanol–water partition coefficient (Wildman–Crippen LogP) is 3.59. The molecule has 1 heterocycles. The van der Waals surface area contributed by atoms with Crippen molar-refractivity contribution < 1.29 is 9.53 Å². The highest BCUT2D eigenvalue weighted by atomic mass is 16.6. The summed E-state index contributed by atoms with van der Waals surface area (Å²) < 4.78 is 5.31. The maximum atomic E-state index is 12.1. The molecule has 5 radical (unpaired) electrons. The van der Waals surface area contributed by atoms with Gasteiger partial charge in [-0.25, -0.2) is 4.79 Å². The Morgan fingerprint density at radius 2 is 1.77 bits per heavy atom. The van der Waals surface area contributed by atoms with E-state index in [4.69, 9.17) is 20.3 Å². The van der Waals surface area contributed by atoms with Crippen molar-refractivity contribution in [3.8, 4) is 5.75 Å². The molecule has 35 heavy (non-hydrogen) atoms.